The van der Waals surface area contributed by atoms with Gasteiger partial charge in [0.2, 0.25) is 0 Å². The number of hydrogen-bond acceptors (Lipinski definition) is 4. The van der Waals surface area contributed by atoms with E-state index in [1.54, 1.807) is 6.07 Å². The first kappa shape index (κ1) is 14.6. The average molecular weight is 299 g/mol. The van der Waals surface area contributed by atoms with Crippen molar-refractivity contribution in [3.63, 3.8) is 0 Å². The number of nitrogen functional groups attached to an aromatic ring is 1. The fourth-order valence-corrected chi connectivity index (χ4v) is 1.65. The lowest BCUT2D eigenvalue weighted by atomic mass is 10.3. The molecule has 0 saturated carbocycles. The number of rotatable bonds is 3. The molecule has 0 aliphatic heterocycles. The highest BCUT2D eigenvalue weighted by molar-refractivity contribution is 5.66. The molecule has 9 heteroatoms. The molecule has 110 valence electrons. The molecule has 0 radical (unpaired) electrons. The normalized spacial score (nSPS) is 11.2. The van der Waals surface area contributed by atoms with Gasteiger partial charge >= 0.3 is 6.18 Å². The average Bonchev–Trinajstić information content (AvgIpc) is 2.72. The monoisotopic (exact) mass is 299 g/mol. The summed E-state index contributed by atoms with van der Waals surface area (Å²) in [4.78, 5) is 0. The molecule has 1 aromatic heterocycles. The van der Waals surface area contributed by atoms with Crippen LogP contribution < -0.4 is 11.1 Å². The van der Waals surface area contributed by atoms with Gasteiger partial charge in [-0.25, -0.2) is 9.07 Å². The molecule has 0 unspecified atom stereocenters. The van der Waals surface area contributed by atoms with Crippen molar-refractivity contribution in [3.8, 4) is 11.8 Å². The zero-order valence-corrected chi connectivity index (χ0v) is 10.4. The molecule has 2 rings (SSSR count). The van der Waals surface area contributed by atoms with Crippen molar-refractivity contribution >= 4 is 11.6 Å². The van der Waals surface area contributed by atoms with Gasteiger partial charge in [0.15, 0.2) is 5.82 Å². The number of nitrogens with one attached hydrogen (secondary N) is 1. The fraction of sp³-hybridized carbons (Fsp3) is 0.167. The Hall–Kier alpha value is -2.76. The van der Waals surface area contributed by atoms with Crippen LogP contribution in [0.5, 0.6) is 0 Å². The van der Waals surface area contributed by atoms with E-state index in [4.69, 9.17) is 11.0 Å². The SMILES string of the molecule is N#Cc1c(NCC(F)(F)F)nn(-c2cccc(F)c2)c1N. The molecule has 0 saturated heterocycles. The lowest BCUT2D eigenvalue weighted by Crippen LogP contribution is -2.21. The minimum Gasteiger partial charge on any atom is -0.382 e. The molecular formula is C12H9F4N5. The molecule has 0 aliphatic carbocycles. The van der Waals surface area contributed by atoms with Crippen LogP contribution in [0.15, 0.2) is 24.3 Å². The largest absolute Gasteiger partial charge is 0.405 e. The Morgan fingerprint density at radius 1 is 1.38 bits per heavy atom. The van der Waals surface area contributed by atoms with Crippen LogP contribution in [-0.4, -0.2) is 22.5 Å². The molecular weight excluding hydrogens is 290 g/mol. The molecule has 5 nitrogen and oxygen atoms in total. The smallest absolute Gasteiger partial charge is 0.382 e. The van der Waals surface area contributed by atoms with Crippen LogP contribution in [0.2, 0.25) is 0 Å². The van der Waals surface area contributed by atoms with Crippen molar-refractivity contribution in [2.75, 3.05) is 17.6 Å². The Kier molecular flexibility index (Phi) is 3.71. The van der Waals surface area contributed by atoms with Crippen molar-refractivity contribution in [2.24, 2.45) is 0 Å². The van der Waals surface area contributed by atoms with Gasteiger partial charge in [-0.3, -0.25) is 0 Å². The first-order chi connectivity index (χ1) is 9.81. The molecule has 21 heavy (non-hydrogen) atoms. The number of benzene rings is 1. The number of aromatic nitrogens is 2. The third kappa shape index (κ3) is 3.22. The van der Waals surface area contributed by atoms with Gasteiger partial charge in [-0.1, -0.05) is 6.07 Å². The maximum absolute atomic E-state index is 13.2. The lowest BCUT2D eigenvalue weighted by molar-refractivity contribution is -0.115. The highest BCUT2D eigenvalue weighted by atomic mass is 19.4. The maximum atomic E-state index is 13.2. The number of alkyl halides is 3. The second kappa shape index (κ2) is 5.32. The van der Waals surface area contributed by atoms with Crippen LogP contribution in [0.25, 0.3) is 5.69 Å². The van der Waals surface area contributed by atoms with E-state index in [1.807, 2.05) is 5.32 Å². The van der Waals surface area contributed by atoms with Crippen molar-refractivity contribution in [2.45, 2.75) is 6.18 Å². The Balaban J connectivity index is 2.41. The highest BCUT2D eigenvalue weighted by Gasteiger charge is 2.28. The van der Waals surface area contributed by atoms with E-state index in [-0.39, 0.29) is 22.9 Å². The Morgan fingerprint density at radius 3 is 2.67 bits per heavy atom. The van der Waals surface area contributed by atoms with Gasteiger partial charge in [0, 0.05) is 0 Å². The van der Waals surface area contributed by atoms with E-state index in [9.17, 15) is 17.6 Å². The third-order valence-electron chi connectivity index (χ3n) is 2.54. The van der Waals surface area contributed by atoms with Crippen molar-refractivity contribution in [3.05, 3.63) is 35.6 Å². The Bertz CT molecular complexity index is 699. The summed E-state index contributed by atoms with van der Waals surface area (Å²) in [6.07, 6.45) is -4.47. The predicted octanol–water partition coefficient (Wildman–Crippen LogP) is 2.44. The predicted molar refractivity (Wildman–Crippen MR) is 67.2 cm³/mol. The summed E-state index contributed by atoms with van der Waals surface area (Å²) in [6, 6.07) is 6.81. The molecule has 0 fully saturated rings. The van der Waals surface area contributed by atoms with Crippen LogP contribution >= 0.6 is 0 Å². The van der Waals surface area contributed by atoms with E-state index in [0.717, 1.165) is 10.7 Å². The summed E-state index contributed by atoms with van der Waals surface area (Å²) in [5.74, 6) is -1.05. The Labute approximate surface area is 116 Å². The lowest BCUT2D eigenvalue weighted by Gasteiger charge is -2.06. The van der Waals surface area contributed by atoms with Gasteiger partial charge in [-0.05, 0) is 18.2 Å². The topological polar surface area (TPSA) is 79.7 Å². The second-order valence-corrected chi connectivity index (χ2v) is 4.08. The Morgan fingerprint density at radius 2 is 2.10 bits per heavy atom. The van der Waals surface area contributed by atoms with Crippen molar-refractivity contribution in [1.82, 2.24) is 9.78 Å². The molecule has 1 aromatic carbocycles. The molecule has 0 atom stereocenters. The molecule has 0 bridgehead atoms. The van der Waals surface area contributed by atoms with Gasteiger partial charge in [0.1, 0.15) is 29.8 Å². The van der Waals surface area contributed by atoms with E-state index in [0.29, 0.717) is 0 Å². The van der Waals surface area contributed by atoms with E-state index >= 15 is 0 Å². The van der Waals surface area contributed by atoms with E-state index in [2.05, 4.69) is 5.10 Å². The molecule has 3 N–H and O–H groups in total. The summed E-state index contributed by atoms with van der Waals surface area (Å²) in [7, 11) is 0. The quantitative estimate of drug-likeness (QED) is 0.853. The van der Waals surface area contributed by atoms with E-state index < -0.39 is 18.5 Å². The summed E-state index contributed by atoms with van der Waals surface area (Å²) >= 11 is 0. The number of nitriles is 1. The highest BCUT2D eigenvalue weighted by Crippen LogP contribution is 2.25. The van der Waals surface area contributed by atoms with Crippen LogP contribution in [0.3, 0.4) is 0 Å². The minimum absolute atomic E-state index is 0.173. The number of hydrogen-bond donors (Lipinski definition) is 2. The zero-order valence-electron chi connectivity index (χ0n) is 10.4. The van der Waals surface area contributed by atoms with Gasteiger partial charge in [0.05, 0.1) is 5.69 Å². The maximum Gasteiger partial charge on any atom is 0.405 e. The molecule has 2 aromatic rings. The number of anilines is 2. The summed E-state index contributed by atoms with van der Waals surface area (Å²) in [5.41, 5.74) is 5.64. The van der Waals surface area contributed by atoms with Gasteiger partial charge in [0.25, 0.3) is 0 Å². The van der Waals surface area contributed by atoms with E-state index in [1.165, 1.54) is 18.2 Å². The summed E-state index contributed by atoms with van der Waals surface area (Å²) < 4.78 is 50.8. The molecule has 1 heterocycles. The van der Waals surface area contributed by atoms with Crippen LogP contribution in [0, 0.1) is 17.1 Å². The molecule has 0 aliphatic rings. The number of nitrogens with zero attached hydrogens (tertiary/aromatic N) is 3. The fourth-order valence-electron chi connectivity index (χ4n) is 1.65. The molecule has 0 spiro atoms. The summed E-state index contributed by atoms with van der Waals surface area (Å²) in [5, 5.41) is 14.7. The number of nitrogens with two attached hydrogens (primary N) is 1. The second-order valence-electron chi connectivity index (χ2n) is 4.08. The summed E-state index contributed by atoms with van der Waals surface area (Å²) in [6.45, 7) is -1.36. The van der Waals surface area contributed by atoms with Crippen LogP contribution in [0.1, 0.15) is 5.56 Å². The number of halogens is 4. The first-order valence-corrected chi connectivity index (χ1v) is 5.67. The standard InChI is InChI=1S/C12H9F4N5/c13-7-2-1-3-8(4-7)21-10(18)9(5-17)11(20-21)19-6-12(14,15)16/h1-4H,6,18H2,(H,19,20). The minimum atomic E-state index is -4.47. The van der Waals surface area contributed by atoms with Gasteiger partial charge < -0.3 is 11.1 Å². The van der Waals surface area contributed by atoms with Crippen molar-refractivity contribution < 1.29 is 17.6 Å². The van der Waals surface area contributed by atoms with Gasteiger partial charge in [-0.2, -0.15) is 18.4 Å². The van der Waals surface area contributed by atoms with Crippen molar-refractivity contribution in [1.29, 1.82) is 5.26 Å². The van der Waals surface area contributed by atoms with Crippen LogP contribution in [0.4, 0.5) is 29.2 Å². The first-order valence-electron chi connectivity index (χ1n) is 5.67. The zero-order chi connectivity index (χ0) is 15.6. The molecule has 0 amide bonds. The van der Waals surface area contributed by atoms with Gasteiger partial charge in [-0.15, -0.1) is 5.10 Å². The third-order valence-corrected chi connectivity index (χ3v) is 2.54. The van der Waals surface area contributed by atoms with Crippen LogP contribution in [-0.2, 0) is 0 Å².